The summed E-state index contributed by atoms with van der Waals surface area (Å²) in [4.78, 5) is 20.6. The van der Waals surface area contributed by atoms with Gasteiger partial charge in [0.25, 0.3) is 0 Å². The number of piperazine rings is 1. The zero-order valence-electron chi connectivity index (χ0n) is 13.7. The highest BCUT2D eigenvalue weighted by atomic mass is 79.9. The maximum absolute atomic E-state index is 12.0. The summed E-state index contributed by atoms with van der Waals surface area (Å²) in [6.45, 7) is 11.7. The van der Waals surface area contributed by atoms with Crippen LogP contribution in [0, 0.1) is 6.92 Å². The lowest BCUT2D eigenvalue weighted by molar-refractivity contribution is 0.0139. The number of hydrogen-bond acceptors (Lipinski definition) is 4. The quantitative estimate of drug-likeness (QED) is 0.750. The van der Waals surface area contributed by atoms with E-state index in [-0.39, 0.29) is 6.09 Å². The molecule has 1 saturated heterocycles. The number of aromatic nitrogens is 1. The van der Waals surface area contributed by atoms with Gasteiger partial charge in [0.2, 0.25) is 0 Å². The summed E-state index contributed by atoms with van der Waals surface area (Å²) in [6, 6.07) is 4.08. The van der Waals surface area contributed by atoms with Crippen molar-refractivity contribution in [2.45, 2.75) is 39.8 Å². The van der Waals surface area contributed by atoms with Gasteiger partial charge in [0.05, 0.1) is 0 Å². The Kier molecular flexibility index (Phi) is 5.45. The van der Waals surface area contributed by atoms with Crippen LogP contribution in [0.1, 0.15) is 32.0 Å². The van der Waals surface area contributed by atoms with E-state index in [2.05, 4.69) is 31.9 Å². The molecule has 2 heterocycles. The zero-order chi connectivity index (χ0) is 16.3. The van der Waals surface area contributed by atoms with E-state index in [9.17, 15) is 4.79 Å². The van der Waals surface area contributed by atoms with Crippen molar-refractivity contribution in [3.8, 4) is 0 Å². The van der Waals surface area contributed by atoms with Crippen molar-refractivity contribution in [3.63, 3.8) is 0 Å². The number of nitrogens with zero attached hydrogens (tertiary/aromatic N) is 3. The van der Waals surface area contributed by atoms with Gasteiger partial charge in [-0.3, -0.25) is 4.90 Å². The lowest BCUT2D eigenvalue weighted by Gasteiger charge is -2.35. The highest BCUT2D eigenvalue weighted by Crippen LogP contribution is 2.16. The molecule has 0 spiro atoms. The Bertz CT molecular complexity index is 535. The van der Waals surface area contributed by atoms with E-state index in [1.54, 1.807) is 4.90 Å². The second-order valence-electron chi connectivity index (χ2n) is 6.62. The molecule has 0 aromatic carbocycles. The third kappa shape index (κ3) is 4.95. The molecule has 1 aromatic heterocycles. The average Bonchev–Trinajstić information content (AvgIpc) is 2.41. The van der Waals surface area contributed by atoms with Crippen LogP contribution in [-0.2, 0) is 11.3 Å². The van der Waals surface area contributed by atoms with E-state index < -0.39 is 5.60 Å². The maximum atomic E-state index is 12.0. The summed E-state index contributed by atoms with van der Waals surface area (Å²) in [7, 11) is 0. The van der Waals surface area contributed by atoms with E-state index >= 15 is 0 Å². The molecule has 1 fully saturated rings. The molecule has 22 heavy (non-hydrogen) atoms. The van der Waals surface area contributed by atoms with Crippen LogP contribution in [-0.4, -0.2) is 52.7 Å². The standard InChI is InChI=1S/C16H24BrN3O2/c1-12-13(5-6-14(17)18-12)11-19-7-9-20(10-8-19)15(21)22-16(2,3)4/h5-6H,7-11H2,1-4H3. The van der Waals surface area contributed by atoms with Crippen LogP contribution in [0.2, 0.25) is 0 Å². The summed E-state index contributed by atoms with van der Waals surface area (Å²) >= 11 is 3.39. The highest BCUT2D eigenvalue weighted by Gasteiger charge is 2.25. The minimum Gasteiger partial charge on any atom is -0.444 e. The summed E-state index contributed by atoms with van der Waals surface area (Å²) < 4.78 is 6.28. The molecule has 1 aliphatic rings. The average molecular weight is 370 g/mol. The Balaban J connectivity index is 1.86. The third-order valence-corrected chi connectivity index (χ3v) is 4.02. The first-order valence-corrected chi connectivity index (χ1v) is 8.36. The largest absolute Gasteiger partial charge is 0.444 e. The lowest BCUT2D eigenvalue weighted by Crippen LogP contribution is -2.49. The SMILES string of the molecule is Cc1nc(Br)ccc1CN1CCN(C(=O)OC(C)(C)C)CC1. The predicted molar refractivity (Wildman–Crippen MR) is 89.8 cm³/mol. The van der Waals surface area contributed by atoms with Crippen LogP contribution >= 0.6 is 15.9 Å². The first kappa shape index (κ1) is 17.2. The molecule has 0 radical (unpaired) electrons. The van der Waals surface area contributed by atoms with Crippen molar-refractivity contribution < 1.29 is 9.53 Å². The van der Waals surface area contributed by atoms with Gasteiger partial charge < -0.3 is 9.64 Å². The molecule has 122 valence electrons. The predicted octanol–water partition coefficient (Wildman–Crippen LogP) is 3.21. The van der Waals surface area contributed by atoms with Gasteiger partial charge >= 0.3 is 6.09 Å². The van der Waals surface area contributed by atoms with Gasteiger partial charge in [-0.05, 0) is 55.3 Å². The summed E-state index contributed by atoms with van der Waals surface area (Å²) in [5.41, 5.74) is 1.84. The van der Waals surface area contributed by atoms with E-state index in [0.717, 1.165) is 29.9 Å². The smallest absolute Gasteiger partial charge is 0.410 e. The molecular formula is C16H24BrN3O2. The molecule has 5 nitrogen and oxygen atoms in total. The normalized spacial score (nSPS) is 16.7. The van der Waals surface area contributed by atoms with Gasteiger partial charge in [-0.15, -0.1) is 0 Å². The lowest BCUT2D eigenvalue weighted by atomic mass is 10.2. The zero-order valence-corrected chi connectivity index (χ0v) is 15.3. The Morgan fingerprint density at radius 3 is 2.45 bits per heavy atom. The minimum atomic E-state index is -0.436. The number of halogens is 1. The first-order chi connectivity index (χ1) is 10.2. The monoisotopic (exact) mass is 369 g/mol. The van der Waals surface area contributed by atoms with Gasteiger partial charge in [-0.2, -0.15) is 0 Å². The number of carbonyl (C=O) groups excluding carboxylic acids is 1. The van der Waals surface area contributed by atoms with E-state index in [1.807, 2.05) is 33.8 Å². The van der Waals surface area contributed by atoms with Gasteiger partial charge in [0.1, 0.15) is 10.2 Å². The second-order valence-corrected chi connectivity index (χ2v) is 7.43. The maximum Gasteiger partial charge on any atom is 0.410 e. The Labute approximate surface area is 140 Å². The third-order valence-electron chi connectivity index (χ3n) is 3.58. The van der Waals surface area contributed by atoms with Crippen LogP contribution in [0.4, 0.5) is 4.79 Å². The number of carbonyl (C=O) groups is 1. The summed E-state index contributed by atoms with van der Waals surface area (Å²) in [5.74, 6) is 0. The number of amides is 1. The highest BCUT2D eigenvalue weighted by molar-refractivity contribution is 9.10. The number of pyridine rings is 1. The van der Waals surface area contributed by atoms with Crippen LogP contribution in [0.15, 0.2) is 16.7 Å². The molecular weight excluding hydrogens is 346 g/mol. The van der Waals surface area contributed by atoms with Crippen molar-refractivity contribution in [2.24, 2.45) is 0 Å². The molecule has 0 bridgehead atoms. The molecule has 2 rings (SSSR count). The van der Waals surface area contributed by atoms with Crippen LogP contribution < -0.4 is 0 Å². The second kappa shape index (κ2) is 6.96. The number of ether oxygens (including phenoxy) is 1. The molecule has 1 aliphatic heterocycles. The number of rotatable bonds is 2. The van der Waals surface area contributed by atoms with Gasteiger partial charge in [0.15, 0.2) is 0 Å². The number of hydrogen-bond donors (Lipinski definition) is 0. The van der Waals surface area contributed by atoms with Gasteiger partial charge in [-0.25, -0.2) is 9.78 Å². The van der Waals surface area contributed by atoms with Crippen LogP contribution in [0.3, 0.4) is 0 Å². The fraction of sp³-hybridized carbons (Fsp3) is 0.625. The topological polar surface area (TPSA) is 45.7 Å². The molecule has 1 aromatic rings. The van der Waals surface area contributed by atoms with E-state index in [0.29, 0.717) is 13.1 Å². The van der Waals surface area contributed by atoms with Crippen molar-refractivity contribution in [1.82, 2.24) is 14.8 Å². The molecule has 0 atom stereocenters. The van der Waals surface area contributed by atoms with Crippen LogP contribution in [0.5, 0.6) is 0 Å². The molecule has 0 unspecified atom stereocenters. The molecule has 0 N–H and O–H groups in total. The molecule has 0 aliphatic carbocycles. The van der Waals surface area contributed by atoms with E-state index in [4.69, 9.17) is 4.74 Å². The van der Waals surface area contributed by atoms with Gasteiger partial charge in [-0.1, -0.05) is 6.07 Å². The molecule has 1 amide bonds. The van der Waals surface area contributed by atoms with Crippen molar-refractivity contribution in [1.29, 1.82) is 0 Å². The Morgan fingerprint density at radius 2 is 1.91 bits per heavy atom. The van der Waals surface area contributed by atoms with Crippen LogP contribution in [0.25, 0.3) is 0 Å². The van der Waals surface area contributed by atoms with Gasteiger partial charge in [0, 0.05) is 38.4 Å². The van der Waals surface area contributed by atoms with Crippen molar-refractivity contribution in [3.05, 3.63) is 28.0 Å². The summed E-state index contributed by atoms with van der Waals surface area (Å²) in [6.07, 6.45) is -0.214. The minimum absolute atomic E-state index is 0.214. The van der Waals surface area contributed by atoms with E-state index in [1.165, 1.54) is 5.56 Å². The fourth-order valence-corrected chi connectivity index (χ4v) is 2.78. The molecule has 6 heteroatoms. The number of aryl methyl sites for hydroxylation is 1. The van der Waals surface area contributed by atoms with Crippen molar-refractivity contribution in [2.75, 3.05) is 26.2 Å². The fourth-order valence-electron chi connectivity index (χ4n) is 2.38. The Hall–Kier alpha value is -1.14. The Morgan fingerprint density at radius 1 is 1.27 bits per heavy atom. The molecule has 0 saturated carbocycles. The van der Waals surface area contributed by atoms with Crippen molar-refractivity contribution >= 4 is 22.0 Å². The summed E-state index contributed by atoms with van der Waals surface area (Å²) in [5, 5.41) is 0. The first-order valence-electron chi connectivity index (χ1n) is 7.57.